The lowest BCUT2D eigenvalue weighted by molar-refractivity contribution is -0.112. The van der Waals surface area contributed by atoms with E-state index in [-0.39, 0.29) is 16.9 Å². The molecule has 0 bridgehead atoms. The first-order valence-electron chi connectivity index (χ1n) is 10.7. The number of sulfonamides is 1. The van der Waals surface area contributed by atoms with E-state index in [2.05, 4.69) is 5.16 Å². The van der Waals surface area contributed by atoms with Gasteiger partial charge in [0.15, 0.2) is 6.10 Å². The number of anilines is 1. The van der Waals surface area contributed by atoms with Crippen molar-refractivity contribution < 1.29 is 18.0 Å². The Morgan fingerprint density at radius 2 is 1.90 bits per heavy atom. The molecule has 8 heteroatoms. The number of fused-ring (bicyclic) bond motifs is 1. The van der Waals surface area contributed by atoms with Gasteiger partial charge in [0.2, 0.25) is 10.0 Å². The van der Waals surface area contributed by atoms with Gasteiger partial charge in [-0.05, 0) is 42.2 Å². The van der Waals surface area contributed by atoms with Crippen molar-refractivity contribution in [3.8, 4) is 0 Å². The van der Waals surface area contributed by atoms with Gasteiger partial charge < -0.3 is 9.74 Å². The molecule has 164 valence electrons. The SMILES string of the molecule is CCN(CC)S(=O)(=O)c1ccc2c(c1)CCCN2C(=O)C1=NOC(c2ccccc2)C1. The minimum Gasteiger partial charge on any atom is -0.387 e. The average molecular weight is 442 g/mol. The summed E-state index contributed by atoms with van der Waals surface area (Å²) >= 11 is 0. The van der Waals surface area contributed by atoms with E-state index in [0.717, 1.165) is 29.7 Å². The molecule has 2 aliphatic heterocycles. The van der Waals surface area contributed by atoms with Crippen molar-refractivity contribution >= 4 is 27.3 Å². The lowest BCUT2D eigenvalue weighted by Gasteiger charge is -2.30. The Morgan fingerprint density at radius 1 is 1.16 bits per heavy atom. The summed E-state index contributed by atoms with van der Waals surface area (Å²) < 4.78 is 27.2. The Kier molecular flexibility index (Phi) is 6.11. The minimum absolute atomic E-state index is 0.182. The number of hydrogen-bond donors (Lipinski definition) is 0. The third-order valence-corrected chi connectivity index (χ3v) is 7.89. The number of oxime groups is 1. The quantitative estimate of drug-likeness (QED) is 0.687. The van der Waals surface area contributed by atoms with Crippen LogP contribution < -0.4 is 4.90 Å². The predicted octanol–water partition coefficient (Wildman–Crippen LogP) is 3.51. The Balaban J connectivity index is 1.56. The van der Waals surface area contributed by atoms with E-state index >= 15 is 0 Å². The van der Waals surface area contributed by atoms with Crippen LogP contribution in [0.4, 0.5) is 5.69 Å². The first-order chi connectivity index (χ1) is 15.0. The fraction of sp³-hybridized carbons (Fsp3) is 0.391. The smallest absolute Gasteiger partial charge is 0.276 e. The molecule has 7 nitrogen and oxygen atoms in total. The maximum Gasteiger partial charge on any atom is 0.276 e. The summed E-state index contributed by atoms with van der Waals surface area (Å²) in [4.78, 5) is 20.7. The number of amides is 1. The maximum absolute atomic E-state index is 13.2. The predicted molar refractivity (Wildman–Crippen MR) is 120 cm³/mol. The summed E-state index contributed by atoms with van der Waals surface area (Å²) in [5.74, 6) is -0.182. The van der Waals surface area contributed by atoms with Gasteiger partial charge in [-0.1, -0.05) is 49.3 Å². The van der Waals surface area contributed by atoms with Crippen LogP contribution in [0.5, 0.6) is 0 Å². The first-order valence-corrected chi connectivity index (χ1v) is 12.1. The van der Waals surface area contributed by atoms with Crippen LogP contribution >= 0.6 is 0 Å². The zero-order valence-electron chi connectivity index (χ0n) is 17.8. The fourth-order valence-corrected chi connectivity index (χ4v) is 5.67. The van der Waals surface area contributed by atoms with Crippen molar-refractivity contribution in [2.24, 2.45) is 5.16 Å². The summed E-state index contributed by atoms with van der Waals surface area (Å²) in [5.41, 5.74) is 2.99. The van der Waals surface area contributed by atoms with Crippen molar-refractivity contribution in [1.29, 1.82) is 0 Å². The molecule has 0 aliphatic carbocycles. The molecule has 0 aromatic heterocycles. The van der Waals surface area contributed by atoms with Crippen LogP contribution in [-0.4, -0.2) is 44.0 Å². The van der Waals surface area contributed by atoms with Crippen molar-refractivity contribution in [3.05, 3.63) is 59.7 Å². The highest BCUT2D eigenvalue weighted by Crippen LogP contribution is 2.33. The lowest BCUT2D eigenvalue weighted by Crippen LogP contribution is -2.40. The van der Waals surface area contributed by atoms with Gasteiger partial charge in [0.25, 0.3) is 5.91 Å². The Labute approximate surface area is 183 Å². The van der Waals surface area contributed by atoms with E-state index in [9.17, 15) is 13.2 Å². The monoisotopic (exact) mass is 441 g/mol. The molecule has 1 atom stereocenters. The van der Waals surface area contributed by atoms with Crippen LogP contribution in [0, 0.1) is 0 Å². The Bertz CT molecular complexity index is 1100. The van der Waals surface area contributed by atoms with Crippen molar-refractivity contribution in [3.63, 3.8) is 0 Å². The van der Waals surface area contributed by atoms with E-state index in [4.69, 9.17) is 4.84 Å². The molecular weight excluding hydrogens is 414 g/mol. The molecule has 0 spiro atoms. The molecule has 0 saturated carbocycles. The van der Waals surface area contributed by atoms with Gasteiger partial charge in [-0.15, -0.1) is 0 Å². The summed E-state index contributed by atoms with van der Waals surface area (Å²) in [5, 5.41) is 4.07. The minimum atomic E-state index is -3.54. The molecule has 1 unspecified atom stereocenters. The number of nitrogens with zero attached hydrogens (tertiary/aromatic N) is 3. The summed E-state index contributed by atoms with van der Waals surface area (Å²) in [6, 6.07) is 14.8. The Morgan fingerprint density at radius 3 is 2.61 bits per heavy atom. The van der Waals surface area contributed by atoms with Crippen molar-refractivity contribution in [1.82, 2.24) is 4.31 Å². The van der Waals surface area contributed by atoms with Crippen LogP contribution in [0.25, 0.3) is 0 Å². The highest BCUT2D eigenvalue weighted by molar-refractivity contribution is 7.89. The van der Waals surface area contributed by atoms with Gasteiger partial charge in [0, 0.05) is 31.7 Å². The van der Waals surface area contributed by atoms with E-state index < -0.39 is 10.0 Å². The molecule has 4 rings (SSSR count). The molecular formula is C23H27N3O4S. The van der Waals surface area contributed by atoms with Gasteiger partial charge in [-0.3, -0.25) is 4.79 Å². The number of carbonyl (C=O) groups is 1. The van der Waals surface area contributed by atoms with Crippen molar-refractivity contribution in [2.75, 3.05) is 24.5 Å². The van der Waals surface area contributed by atoms with E-state index in [1.807, 2.05) is 44.2 Å². The number of aryl methyl sites for hydroxylation is 1. The summed E-state index contributed by atoms with van der Waals surface area (Å²) in [7, 11) is -3.54. The normalized spacial score (nSPS) is 18.5. The second-order valence-corrected chi connectivity index (χ2v) is 9.62. The summed E-state index contributed by atoms with van der Waals surface area (Å²) in [6.45, 7) is 5.06. The van der Waals surface area contributed by atoms with Crippen LogP contribution in [0.1, 0.15) is 43.9 Å². The molecule has 2 aromatic rings. The molecule has 0 radical (unpaired) electrons. The van der Waals surface area contributed by atoms with E-state index in [0.29, 0.717) is 31.8 Å². The van der Waals surface area contributed by atoms with Gasteiger partial charge in [0.1, 0.15) is 5.71 Å². The van der Waals surface area contributed by atoms with E-state index in [1.165, 1.54) is 4.31 Å². The molecule has 1 amide bonds. The van der Waals surface area contributed by atoms with E-state index in [1.54, 1.807) is 23.1 Å². The highest BCUT2D eigenvalue weighted by Gasteiger charge is 2.33. The van der Waals surface area contributed by atoms with Crippen LogP contribution in [-0.2, 0) is 26.1 Å². The van der Waals surface area contributed by atoms with Crippen LogP contribution in [0.15, 0.2) is 58.6 Å². The van der Waals surface area contributed by atoms with Gasteiger partial charge in [-0.25, -0.2) is 8.42 Å². The second-order valence-electron chi connectivity index (χ2n) is 7.69. The zero-order chi connectivity index (χ0) is 22.0. The van der Waals surface area contributed by atoms with Gasteiger partial charge in [0.05, 0.1) is 4.90 Å². The molecule has 0 saturated heterocycles. The molecule has 0 N–H and O–H groups in total. The number of hydrogen-bond acceptors (Lipinski definition) is 5. The first kappa shape index (κ1) is 21.5. The molecule has 0 fully saturated rings. The maximum atomic E-state index is 13.2. The molecule has 2 aromatic carbocycles. The third kappa shape index (κ3) is 4.09. The zero-order valence-corrected chi connectivity index (χ0v) is 18.6. The van der Waals surface area contributed by atoms with Gasteiger partial charge >= 0.3 is 0 Å². The topological polar surface area (TPSA) is 79.3 Å². The van der Waals surface area contributed by atoms with Crippen LogP contribution in [0.2, 0.25) is 0 Å². The fourth-order valence-electron chi connectivity index (χ4n) is 4.16. The third-order valence-electron chi connectivity index (χ3n) is 5.85. The average Bonchev–Trinajstić information content (AvgIpc) is 3.29. The summed E-state index contributed by atoms with van der Waals surface area (Å²) in [6.07, 6.45) is 1.66. The van der Waals surface area contributed by atoms with Crippen molar-refractivity contribution in [2.45, 2.75) is 44.1 Å². The number of rotatable bonds is 6. The molecule has 2 aliphatic rings. The highest BCUT2D eigenvalue weighted by atomic mass is 32.2. The molecule has 31 heavy (non-hydrogen) atoms. The number of carbonyl (C=O) groups excluding carboxylic acids is 1. The molecule has 2 heterocycles. The lowest BCUT2D eigenvalue weighted by atomic mass is 10.00. The Hall–Kier alpha value is -2.71. The van der Waals surface area contributed by atoms with Crippen LogP contribution in [0.3, 0.4) is 0 Å². The largest absolute Gasteiger partial charge is 0.387 e. The number of benzene rings is 2. The van der Waals surface area contributed by atoms with Gasteiger partial charge in [-0.2, -0.15) is 4.31 Å². The second kappa shape index (κ2) is 8.80. The standard InChI is InChI=1S/C23H27N3O4S/c1-3-25(4-2)31(28,29)19-12-13-21-18(15-19)11-8-14-26(21)23(27)20-16-22(30-24-20)17-9-6-5-7-10-17/h5-7,9-10,12-13,15,22H,3-4,8,11,14,16H2,1-2H3.